The Hall–Kier alpha value is -2.15. The predicted molar refractivity (Wildman–Crippen MR) is 77.5 cm³/mol. The van der Waals surface area contributed by atoms with E-state index in [9.17, 15) is 14.9 Å². The van der Waals surface area contributed by atoms with Crippen molar-refractivity contribution in [2.24, 2.45) is 5.41 Å². The first kappa shape index (κ1) is 16.9. The van der Waals surface area contributed by atoms with Crippen LogP contribution >= 0.6 is 0 Å². The lowest BCUT2D eigenvalue weighted by atomic mass is 9.89. The van der Waals surface area contributed by atoms with Gasteiger partial charge in [0, 0.05) is 19.2 Å². The monoisotopic (exact) mass is 296 g/mol. The van der Waals surface area contributed by atoms with Crippen molar-refractivity contribution < 1.29 is 19.6 Å². The molecule has 0 bridgehead atoms. The van der Waals surface area contributed by atoms with Crippen LogP contribution in [0.4, 0.5) is 5.69 Å². The second-order valence-corrected chi connectivity index (χ2v) is 5.46. The Morgan fingerprint density at radius 1 is 1.48 bits per heavy atom. The Kier molecular flexibility index (Phi) is 5.66. The van der Waals surface area contributed by atoms with Gasteiger partial charge in [0.05, 0.1) is 23.7 Å². The number of benzene rings is 1. The molecule has 1 amide bonds. The highest BCUT2D eigenvalue weighted by molar-refractivity contribution is 5.97. The van der Waals surface area contributed by atoms with Crippen LogP contribution in [0.15, 0.2) is 18.2 Å². The quantitative estimate of drug-likeness (QED) is 0.589. The fraction of sp³-hybridized carbons (Fsp3) is 0.500. The molecule has 0 aromatic heterocycles. The molecule has 0 unspecified atom stereocenters. The predicted octanol–water partition coefficient (Wildman–Crippen LogP) is 1.74. The van der Waals surface area contributed by atoms with E-state index in [2.05, 4.69) is 5.32 Å². The first-order valence-electron chi connectivity index (χ1n) is 6.52. The van der Waals surface area contributed by atoms with Crippen LogP contribution in [0.1, 0.15) is 30.6 Å². The number of aliphatic hydroxyl groups excluding tert-OH is 1. The summed E-state index contributed by atoms with van der Waals surface area (Å²) in [6.45, 7) is 4.28. The highest BCUT2D eigenvalue weighted by Gasteiger charge is 2.21. The van der Waals surface area contributed by atoms with Crippen LogP contribution in [0.2, 0.25) is 0 Å². The van der Waals surface area contributed by atoms with E-state index in [1.54, 1.807) is 0 Å². The lowest BCUT2D eigenvalue weighted by Crippen LogP contribution is -2.34. The number of non-ortho nitro benzene ring substituents is 1. The van der Waals surface area contributed by atoms with Gasteiger partial charge in [-0.1, -0.05) is 13.8 Å². The number of nitro groups is 1. The molecule has 0 aliphatic carbocycles. The van der Waals surface area contributed by atoms with Crippen molar-refractivity contribution in [1.29, 1.82) is 0 Å². The normalized spacial score (nSPS) is 11.0. The van der Waals surface area contributed by atoms with Gasteiger partial charge in [-0.3, -0.25) is 14.9 Å². The maximum absolute atomic E-state index is 12.1. The topological polar surface area (TPSA) is 102 Å². The molecule has 0 aliphatic heterocycles. The largest absolute Gasteiger partial charge is 0.496 e. The summed E-state index contributed by atoms with van der Waals surface area (Å²) >= 11 is 0. The van der Waals surface area contributed by atoms with E-state index < -0.39 is 4.92 Å². The molecule has 1 aromatic carbocycles. The van der Waals surface area contributed by atoms with Crippen molar-refractivity contribution in [3.8, 4) is 5.75 Å². The number of rotatable bonds is 7. The smallest absolute Gasteiger partial charge is 0.273 e. The van der Waals surface area contributed by atoms with Gasteiger partial charge in [-0.15, -0.1) is 0 Å². The minimum absolute atomic E-state index is 0.0454. The van der Waals surface area contributed by atoms with Gasteiger partial charge >= 0.3 is 0 Å². The summed E-state index contributed by atoms with van der Waals surface area (Å²) in [5.74, 6) is -0.213. The summed E-state index contributed by atoms with van der Waals surface area (Å²) in [5, 5.41) is 22.4. The highest BCUT2D eigenvalue weighted by atomic mass is 16.6. The van der Waals surface area contributed by atoms with Crippen LogP contribution < -0.4 is 10.1 Å². The van der Waals surface area contributed by atoms with Crippen LogP contribution in [0.3, 0.4) is 0 Å². The van der Waals surface area contributed by atoms with Gasteiger partial charge in [0.25, 0.3) is 11.6 Å². The van der Waals surface area contributed by atoms with Crippen LogP contribution in [-0.4, -0.2) is 36.2 Å². The van der Waals surface area contributed by atoms with Crippen molar-refractivity contribution in [3.63, 3.8) is 0 Å². The summed E-state index contributed by atoms with van der Waals surface area (Å²) in [7, 11) is 1.35. The fourth-order valence-electron chi connectivity index (χ4n) is 1.79. The van der Waals surface area contributed by atoms with Gasteiger partial charge in [-0.05, 0) is 17.9 Å². The zero-order valence-electron chi connectivity index (χ0n) is 12.4. The van der Waals surface area contributed by atoms with Crippen LogP contribution in [-0.2, 0) is 0 Å². The summed E-state index contributed by atoms with van der Waals surface area (Å²) in [4.78, 5) is 22.3. The number of carbonyl (C=O) groups excluding carboxylic acids is 1. The zero-order valence-corrected chi connectivity index (χ0v) is 12.4. The highest BCUT2D eigenvalue weighted by Crippen LogP contribution is 2.25. The zero-order chi connectivity index (χ0) is 16.0. The average Bonchev–Trinajstić information content (AvgIpc) is 2.44. The Balaban J connectivity index is 2.85. The molecule has 7 heteroatoms. The molecule has 1 aromatic rings. The van der Waals surface area contributed by atoms with Crippen molar-refractivity contribution in [2.45, 2.75) is 20.3 Å². The van der Waals surface area contributed by atoms with Crippen molar-refractivity contribution >= 4 is 11.6 Å². The molecule has 0 atom stereocenters. The Labute approximate surface area is 123 Å². The maximum atomic E-state index is 12.1. The number of hydrogen-bond donors (Lipinski definition) is 2. The molecule has 0 radical (unpaired) electrons. The molecule has 0 aliphatic rings. The first-order valence-corrected chi connectivity index (χ1v) is 6.52. The summed E-state index contributed by atoms with van der Waals surface area (Å²) in [5.41, 5.74) is -0.134. The fourth-order valence-corrected chi connectivity index (χ4v) is 1.79. The summed E-state index contributed by atoms with van der Waals surface area (Å²) < 4.78 is 5.03. The standard InChI is InChI=1S/C14H20N2O5/c1-14(2,6-7-17)9-15-13(18)11-5-4-10(16(19)20)8-12(11)21-3/h4-5,8,17H,6-7,9H2,1-3H3,(H,15,18). The molecule has 1 rings (SSSR count). The minimum atomic E-state index is -0.547. The molecule has 0 saturated carbocycles. The molecular formula is C14H20N2O5. The Bertz CT molecular complexity index is 528. The number of methoxy groups -OCH3 is 1. The van der Waals surface area contributed by atoms with Gasteiger partial charge < -0.3 is 15.2 Å². The molecule has 0 heterocycles. The Morgan fingerprint density at radius 3 is 2.67 bits per heavy atom. The molecule has 0 fully saturated rings. The molecule has 7 nitrogen and oxygen atoms in total. The average molecular weight is 296 g/mol. The van der Waals surface area contributed by atoms with Crippen molar-refractivity contribution in [1.82, 2.24) is 5.32 Å². The van der Waals surface area contributed by atoms with Crippen molar-refractivity contribution in [2.75, 3.05) is 20.3 Å². The molecule has 21 heavy (non-hydrogen) atoms. The third-order valence-electron chi connectivity index (χ3n) is 3.16. The van der Waals surface area contributed by atoms with E-state index in [0.717, 1.165) is 0 Å². The number of hydrogen-bond acceptors (Lipinski definition) is 5. The molecule has 0 spiro atoms. The number of carbonyl (C=O) groups is 1. The summed E-state index contributed by atoms with van der Waals surface area (Å²) in [6.07, 6.45) is 0.560. The lowest BCUT2D eigenvalue weighted by Gasteiger charge is -2.24. The number of nitrogens with zero attached hydrogens (tertiary/aromatic N) is 1. The number of nitrogens with one attached hydrogen (secondary N) is 1. The number of ether oxygens (including phenoxy) is 1. The lowest BCUT2D eigenvalue weighted by molar-refractivity contribution is -0.384. The summed E-state index contributed by atoms with van der Waals surface area (Å²) in [6, 6.07) is 3.84. The van der Waals surface area contributed by atoms with Crippen molar-refractivity contribution in [3.05, 3.63) is 33.9 Å². The van der Waals surface area contributed by atoms with E-state index in [0.29, 0.717) is 13.0 Å². The van der Waals surface area contributed by atoms with E-state index in [1.165, 1.54) is 25.3 Å². The van der Waals surface area contributed by atoms with Gasteiger partial charge in [0.15, 0.2) is 0 Å². The molecule has 116 valence electrons. The Morgan fingerprint density at radius 2 is 2.14 bits per heavy atom. The maximum Gasteiger partial charge on any atom is 0.273 e. The number of aliphatic hydroxyl groups is 1. The minimum Gasteiger partial charge on any atom is -0.496 e. The number of nitro benzene ring substituents is 1. The van der Waals surface area contributed by atoms with Crippen LogP contribution in [0, 0.1) is 15.5 Å². The van der Waals surface area contributed by atoms with Crippen LogP contribution in [0.5, 0.6) is 5.75 Å². The molecule has 0 saturated heterocycles. The number of amides is 1. The second kappa shape index (κ2) is 7.03. The van der Waals surface area contributed by atoms with E-state index in [1.807, 2.05) is 13.8 Å². The van der Waals surface area contributed by atoms with E-state index >= 15 is 0 Å². The molecular weight excluding hydrogens is 276 g/mol. The third-order valence-corrected chi connectivity index (χ3v) is 3.16. The third kappa shape index (κ3) is 4.71. The SMILES string of the molecule is COc1cc([N+](=O)[O-])ccc1C(=O)NCC(C)(C)CCO. The van der Waals surface area contributed by atoms with Crippen LogP contribution in [0.25, 0.3) is 0 Å². The first-order chi connectivity index (χ1) is 9.80. The van der Waals surface area contributed by atoms with E-state index in [-0.39, 0.29) is 34.9 Å². The van der Waals surface area contributed by atoms with Gasteiger partial charge in [-0.25, -0.2) is 0 Å². The van der Waals surface area contributed by atoms with Gasteiger partial charge in [-0.2, -0.15) is 0 Å². The van der Waals surface area contributed by atoms with Gasteiger partial charge in [0.1, 0.15) is 5.75 Å². The van der Waals surface area contributed by atoms with E-state index in [4.69, 9.17) is 9.84 Å². The molecule has 2 N–H and O–H groups in total. The second-order valence-electron chi connectivity index (χ2n) is 5.46. The van der Waals surface area contributed by atoms with Gasteiger partial charge in [0.2, 0.25) is 0 Å².